The Morgan fingerprint density at radius 2 is 1.96 bits per heavy atom. The number of likely N-dealkylation sites (tertiary alicyclic amines) is 1. The van der Waals surface area contributed by atoms with Crippen molar-refractivity contribution in [3.63, 3.8) is 0 Å². The highest BCUT2D eigenvalue weighted by molar-refractivity contribution is 5.94. The Balaban J connectivity index is 1.56. The molecule has 8 heteroatoms. The van der Waals surface area contributed by atoms with E-state index >= 15 is 0 Å². The van der Waals surface area contributed by atoms with Crippen LogP contribution in [0.5, 0.6) is 5.75 Å². The van der Waals surface area contributed by atoms with E-state index in [4.69, 9.17) is 15.0 Å². The summed E-state index contributed by atoms with van der Waals surface area (Å²) in [4.78, 5) is 29.4. The number of piperidine rings is 1. The molecule has 8 nitrogen and oxygen atoms in total. The van der Waals surface area contributed by atoms with Gasteiger partial charge in [0.25, 0.3) is 11.8 Å². The minimum absolute atomic E-state index is 0.0263. The number of primary amides is 1. The molecule has 1 aliphatic heterocycles. The second kappa shape index (κ2) is 7.33. The van der Waals surface area contributed by atoms with Crippen molar-refractivity contribution in [2.45, 2.75) is 25.7 Å². The second-order valence-corrected chi connectivity index (χ2v) is 6.03. The number of aryl methyl sites for hydroxylation is 1. The van der Waals surface area contributed by atoms with Gasteiger partial charge in [0, 0.05) is 24.6 Å². The van der Waals surface area contributed by atoms with Crippen molar-refractivity contribution in [2.75, 3.05) is 19.7 Å². The third-order valence-corrected chi connectivity index (χ3v) is 4.16. The molecule has 0 spiro atoms. The maximum absolute atomic E-state index is 12.6. The predicted molar refractivity (Wildman–Crippen MR) is 88.0 cm³/mol. The van der Waals surface area contributed by atoms with Crippen molar-refractivity contribution >= 4 is 11.8 Å². The highest BCUT2D eigenvalue weighted by Gasteiger charge is 2.27. The zero-order valence-electron chi connectivity index (χ0n) is 14.0. The zero-order valence-corrected chi connectivity index (χ0v) is 14.0. The summed E-state index contributed by atoms with van der Waals surface area (Å²) in [7, 11) is 0. The molecule has 2 heterocycles. The van der Waals surface area contributed by atoms with E-state index in [0.29, 0.717) is 36.1 Å². The number of rotatable bonds is 5. The number of nitrogens with two attached hydrogens (primary N) is 1. The van der Waals surface area contributed by atoms with E-state index in [9.17, 15) is 9.59 Å². The lowest BCUT2D eigenvalue weighted by atomic mass is 9.96. The topological polar surface area (TPSA) is 112 Å². The van der Waals surface area contributed by atoms with E-state index in [1.54, 1.807) is 31.2 Å². The molecule has 2 amide bonds. The van der Waals surface area contributed by atoms with Gasteiger partial charge in [0.1, 0.15) is 5.75 Å². The predicted octanol–water partition coefficient (Wildman–Crippen LogP) is 1.26. The maximum atomic E-state index is 12.6. The molecule has 1 fully saturated rings. The largest absolute Gasteiger partial charge is 0.484 e. The molecular weight excluding hydrogens is 324 g/mol. The summed E-state index contributed by atoms with van der Waals surface area (Å²) < 4.78 is 10.4. The van der Waals surface area contributed by atoms with Gasteiger partial charge in [-0.15, -0.1) is 0 Å². The summed E-state index contributed by atoms with van der Waals surface area (Å²) in [5.41, 5.74) is 5.61. The molecule has 3 rings (SSSR count). The van der Waals surface area contributed by atoms with Gasteiger partial charge in [0.2, 0.25) is 5.89 Å². The van der Waals surface area contributed by atoms with Crippen LogP contribution in [0.3, 0.4) is 0 Å². The molecule has 25 heavy (non-hydrogen) atoms. The molecule has 1 saturated heterocycles. The fraction of sp³-hybridized carbons (Fsp3) is 0.412. The number of carbonyl (C=O) groups is 2. The van der Waals surface area contributed by atoms with Crippen LogP contribution in [0.15, 0.2) is 28.8 Å². The fourth-order valence-electron chi connectivity index (χ4n) is 2.84. The van der Waals surface area contributed by atoms with E-state index in [2.05, 4.69) is 10.1 Å². The Kier molecular flexibility index (Phi) is 4.97. The van der Waals surface area contributed by atoms with Crippen molar-refractivity contribution < 1.29 is 18.8 Å². The smallest absolute Gasteiger partial charge is 0.255 e. The lowest BCUT2D eigenvalue weighted by Crippen LogP contribution is -2.38. The van der Waals surface area contributed by atoms with Crippen LogP contribution in [0.4, 0.5) is 0 Å². The van der Waals surface area contributed by atoms with Gasteiger partial charge >= 0.3 is 0 Å². The van der Waals surface area contributed by atoms with Crippen molar-refractivity contribution in [2.24, 2.45) is 5.73 Å². The molecule has 2 N–H and O–H groups in total. The minimum atomic E-state index is -0.542. The number of carbonyl (C=O) groups excluding carboxylic acids is 2. The third-order valence-electron chi connectivity index (χ3n) is 4.16. The van der Waals surface area contributed by atoms with Gasteiger partial charge in [-0.25, -0.2) is 0 Å². The number of amides is 2. The highest BCUT2D eigenvalue weighted by Crippen LogP contribution is 2.27. The van der Waals surface area contributed by atoms with Crippen LogP contribution in [0.1, 0.15) is 40.8 Å². The van der Waals surface area contributed by atoms with Crippen LogP contribution in [0.2, 0.25) is 0 Å². The van der Waals surface area contributed by atoms with E-state index in [1.807, 2.05) is 4.90 Å². The van der Waals surface area contributed by atoms with E-state index in [1.165, 1.54) is 0 Å². The summed E-state index contributed by atoms with van der Waals surface area (Å²) in [6.45, 7) is 2.90. The highest BCUT2D eigenvalue weighted by atomic mass is 16.5. The van der Waals surface area contributed by atoms with Gasteiger partial charge in [-0.1, -0.05) is 5.16 Å². The van der Waals surface area contributed by atoms with Crippen molar-refractivity contribution in [1.29, 1.82) is 0 Å². The van der Waals surface area contributed by atoms with Gasteiger partial charge in [-0.05, 0) is 44.0 Å². The first-order chi connectivity index (χ1) is 12.0. The lowest BCUT2D eigenvalue weighted by Gasteiger charge is -2.30. The SMILES string of the molecule is Cc1noc(C2CCN(C(=O)c3ccc(OCC(N)=O)cc3)CC2)n1. The Hall–Kier alpha value is -2.90. The van der Waals surface area contributed by atoms with Crippen LogP contribution >= 0.6 is 0 Å². The van der Waals surface area contributed by atoms with Gasteiger partial charge in [0.05, 0.1) is 0 Å². The first-order valence-electron chi connectivity index (χ1n) is 8.13. The van der Waals surface area contributed by atoms with Crippen LogP contribution < -0.4 is 10.5 Å². The summed E-state index contributed by atoms with van der Waals surface area (Å²) in [5, 5.41) is 3.82. The van der Waals surface area contributed by atoms with Crippen LogP contribution in [0.25, 0.3) is 0 Å². The maximum Gasteiger partial charge on any atom is 0.255 e. The standard InChI is InChI=1S/C17H20N4O4/c1-11-19-16(25-20-11)12-6-8-21(9-7-12)17(23)13-2-4-14(5-3-13)24-10-15(18)22/h2-5,12H,6-10H2,1H3,(H2,18,22). The Labute approximate surface area is 144 Å². The monoisotopic (exact) mass is 344 g/mol. The molecule has 0 bridgehead atoms. The minimum Gasteiger partial charge on any atom is -0.484 e. The van der Waals surface area contributed by atoms with Crippen molar-refractivity contribution in [3.8, 4) is 5.75 Å². The average molecular weight is 344 g/mol. The molecule has 1 aromatic carbocycles. The molecule has 132 valence electrons. The average Bonchev–Trinajstić information content (AvgIpc) is 3.06. The number of nitrogens with zero attached hydrogens (tertiary/aromatic N) is 3. The zero-order chi connectivity index (χ0) is 17.8. The van der Waals surface area contributed by atoms with Gasteiger partial charge in [-0.3, -0.25) is 9.59 Å². The fourth-order valence-corrected chi connectivity index (χ4v) is 2.84. The second-order valence-electron chi connectivity index (χ2n) is 6.03. The summed E-state index contributed by atoms with van der Waals surface area (Å²) in [5.74, 6) is 1.42. The molecule has 0 radical (unpaired) electrons. The molecule has 1 aliphatic rings. The Morgan fingerprint density at radius 3 is 2.52 bits per heavy atom. The van der Waals surface area contributed by atoms with Crippen LogP contribution in [-0.2, 0) is 4.79 Å². The summed E-state index contributed by atoms with van der Waals surface area (Å²) in [6, 6.07) is 6.69. The van der Waals surface area contributed by atoms with E-state index < -0.39 is 5.91 Å². The Morgan fingerprint density at radius 1 is 1.28 bits per heavy atom. The van der Waals surface area contributed by atoms with E-state index in [0.717, 1.165) is 12.8 Å². The molecule has 2 aromatic rings. The van der Waals surface area contributed by atoms with Gasteiger partial charge in [0.15, 0.2) is 12.4 Å². The summed E-state index contributed by atoms with van der Waals surface area (Å²) >= 11 is 0. The number of benzene rings is 1. The number of ether oxygens (including phenoxy) is 1. The first-order valence-corrected chi connectivity index (χ1v) is 8.13. The number of aromatic nitrogens is 2. The molecular formula is C17H20N4O4. The Bertz CT molecular complexity index is 748. The van der Waals surface area contributed by atoms with E-state index in [-0.39, 0.29) is 18.4 Å². The molecule has 0 atom stereocenters. The lowest BCUT2D eigenvalue weighted by molar-refractivity contribution is -0.119. The van der Waals surface area contributed by atoms with Crippen LogP contribution in [0, 0.1) is 6.92 Å². The molecule has 0 aliphatic carbocycles. The number of hydrogen-bond acceptors (Lipinski definition) is 6. The van der Waals surface area contributed by atoms with Crippen molar-refractivity contribution in [3.05, 3.63) is 41.5 Å². The normalized spacial score (nSPS) is 15.2. The van der Waals surface area contributed by atoms with Gasteiger partial charge in [-0.2, -0.15) is 4.98 Å². The summed E-state index contributed by atoms with van der Waals surface area (Å²) in [6.07, 6.45) is 1.60. The molecule has 0 saturated carbocycles. The third kappa shape index (κ3) is 4.14. The van der Waals surface area contributed by atoms with Crippen LogP contribution in [-0.4, -0.2) is 46.6 Å². The molecule has 0 unspecified atom stereocenters. The van der Waals surface area contributed by atoms with Gasteiger partial charge < -0.3 is 19.9 Å². The molecule has 1 aromatic heterocycles. The van der Waals surface area contributed by atoms with Crippen molar-refractivity contribution in [1.82, 2.24) is 15.0 Å². The quantitative estimate of drug-likeness (QED) is 0.874. The first kappa shape index (κ1) is 16.9. The number of hydrogen-bond donors (Lipinski definition) is 1.